The normalized spacial score (nSPS) is 24.3. The molecule has 0 radical (unpaired) electrons. The van der Waals surface area contributed by atoms with Crippen LogP contribution >= 0.6 is 0 Å². The lowest BCUT2D eigenvalue weighted by Crippen LogP contribution is -2.31. The molecule has 136 valence electrons. The molecule has 6 heteroatoms. The summed E-state index contributed by atoms with van der Waals surface area (Å²) in [6.07, 6.45) is 4.01. The number of para-hydroxylation sites is 2. The van der Waals surface area contributed by atoms with Crippen molar-refractivity contribution in [1.82, 2.24) is 14.5 Å². The Morgan fingerprint density at radius 2 is 2.04 bits per heavy atom. The molecule has 2 aromatic heterocycles. The number of benzene rings is 1. The Bertz CT molecular complexity index is 1020. The molecular weight excluding hydrogens is 336 g/mol. The minimum absolute atomic E-state index is 0.320. The van der Waals surface area contributed by atoms with Gasteiger partial charge in [0.25, 0.3) is 0 Å². The van der Waals surface area contributed by atoms with E-state index in [1.54, 1.807) is 6.20 Å². The molecular formula is C21H22N6. The van der Waals surface area contributed by atoms with E-state index < -0.39 is 0 Å². The van der Waals surface area contributed by atoms with Crippen LogP contribution in [-0.4, -0.2) is 33.7 Å². The molecule has 2 aliphatic rings. The smallest absolute Gasteiger partial charge is 0.206 e. The van der Waals surface area contributed by atoms with E-state index in [1.165, 1.54) is 6.42 Å². The van der Waals surface area contributed by atoms with E-state index in [4.69, 9.17) is 17.3 Å². The Morgan fingerprint density at radius 3 is 2.81 bits per heavy atom. The molecule has 1 aliphatic heterocycles. The number of aromatic nitrogens is 3. The number of fused-ring (bicyclic) bond motifs is 2. The van der Waals surface area contributed by atoms with Crippen LogP contribution in [0.2, 0.25) is 0 Å². The predicted octanol–water partition coefficient (Wildman–Crippen LogP) is 3.20. The molecule has 6 nitrogen and oxygen atoms in total. The van der Waals surface area contributed by atoms with Gasteiger partial charge >= 0.3 is 0 Å². The van der Waals surface area contributed by atoms with Crippen LogP contribution in [0.3, 0.4) is 0 Å². The quantitative estimate of drug-likeness (QED) is 0.730. The number of hydrogen-bond donors (Lipinski definition) is 1. The van der Waals surface area contributed by atoms with Gasteiger partial charge in [0.2, 0.25) is 11.6 Å². The molecule has 0 unspecified atom stereocenters. The summed E-state index contributed by atoms with van der Waals surface area (Å²) < 4.78 is 2.25. The highest BCUT2D eigenvalue weighted by Crippen LogP contribution is 2.39. The number of anilines is 1. The summed E-state index contributed by atoms with van der Waals surface area (Å²) in [4.78, 5) is 15.2. The third-order valence-electron chi connectivity index (χ3n) is 6.09. The minimum Gasteiger partial charge on any atom is -0.342 e. The Hall–Kier alpha value is -2.91. The molecule has 0 amide bonds. The number of hydrogen-bond acceptors (Lipinski definition) is 4. The van der Waals surface area contributed by atoms with E-state index in [1.807, 2.05) is 18.2 Å². The van der Waals surface area contributed by atoms with Crippen LogP contribution in [0.1, 0.15) is 18.5 Å². The van der Waals surface area contributed by atoms with E-state index in [0.29, 0.717) is 30.1 Å². The summed E-state index contributed by atoms with van der Waals surface area (Å²) >= 11 is 0. The highest BCUT2D eigenvalue weighted by molar-refractivity contribution is 5.79. The Morgan fingerprint density at radius 1 is 1.15 bits per heavy atom. The molecule has 1 saturated heterocycles. The fourth-order valence-electron chi connectivity index (χ4n) is 4.67. The molecule has 1 aliphatic carbocycles. The van der Waals surface area contributed by atoms with Gasteiger partial charge in [-0.15, -0.1) is 0 Å². The van der Waals surface area contributed by atoms with Gasteiger partial charge < -0.3 is 15.2 Å². The number of nitrogens with zero attached hydrogens (tertiary/aromatic N) is 5. The maximum absolute atomic E-state index is 7.10. The van der Waals surface area contributed by atoms with Gasteiger partial charge in [-0.05, 0) is 42.9 Å². The number of pyridine rings is 1. The van der Waals surface area contributed by atoms with Crippen LogP contribution in [0.5, 0.6) is 0 Å². The lowest BCUT2D eigenvalue weighted by molar-refractivity contribution is 0.453. The second-order valence-corrected chi connectivity index (χ2v) is 7.68. The second-order valence-electron chi connectivity index (χ2n) is 7.68. The first-order valence-corrected chi connectivity index (χ1v) is 9.51. The van der Waals surface area contributed by atoms with E-state index >= 15 is 0 Å². The number of nitrogens with two attached hydrogens (primary N) is 1. The number of rotatable bonds is 3. The molecule has 0 bridgehead atoms. The maximum Gasteiger partial charge on any atom is 0.206 e. The standard InChI is InChI=1S/C21H22N6/c1-23-15-7-8-16(24-10-15)12-27-20-5-3-2-4-19(20)25-21(27)26-11-14-6-9-18(22)17(14)13-26/h2-5,7-8,10,14,17-18H,6,9,11-13,22H2/t14-,17+,18-/m1/s1. The summed E-state index contributed by atoms with van der Waals surface area (Å²) in [7, 11) is 0. The van der Waals surface area contributed by atoms with Crippen LogP contribution in [0, 0.1) is 18.4 Å². The molecule has 3 atom stereocenters. The maximum atomic E-state index is 7.10. The first-order chi connectivity index (χ1) is 13.2. The predicted molar refractivity (Wildman–Crippen MR) is 106 cm³/mol. The van der Waals surface area contributed by atoms with Gasteiger partial charge in [0.1, 0.15) is 0 Å². The average molecular weight is 358 g/mol. The summed E-state index contributed by atoms with van der Waals surface area (Å²) in [5.74, 6) is 2.27. The average Bonchev–Trinajstić information content (AvgIpc) is 3.37. The van der Waals surface area contributed by atoms with Crippen molar-refractivity contribution < 1.29 is 0 Å². The summed E-state index contributed by atoms with van der Waals surface area (Å²) in [5.41, 5.74) is 9.96. The largest absolute Gasteiger partial charge is 0.342 e. The van der Waals surface area contributed by atoms with E-state index in [0.717, 1.165) is 42.2 Å². The zero-order valence-electron chi connectivity index (χ0n) is 15.1. The van der Waals surface area contributed by atoms with Crippen LogP contribution < -0.4 is 10.6 Å². The van der Waals surface area contributed by atoms with Crippen LogP contribution in [0.25, 0.3) is 15.9 Å². The van der Waals surface area contributed by atoms with E-state index in [-0.39, 0.29) is 0 Å². The molecule has 3 aromatic rings. The van der Waals surface area contributed by atoms with Gasteiger partial charge in [-0.25, -0.2) is 9.83 Å². The number of imidazole rings is 1. The van der Waals surface area contributed by atoms with Crippen LogP contribution in [-0.2, 0) is 6.54 Å². The zero-order valence-corrected chi connectivity index (χ0v) is 15.1. The van der Waals surface area contributed by atoms with Gasteiger partial charge in [0.15, 0.2) is 0 Å². The van der Waals surface area contributed by atoms with Gasteiger partial charge in [-0.3, -0.25) is 4.98 Å². The first kappa shape index (κ1) is 16.3. The van der Waals surface area contributed by atoms with Crippen molar-refractivity contribution in [3.05, 3.63) is 59.7 Å². The van der Waals surface area contributed by atoms with E-state index in [9.17, 15) is 0 Å². The van der Waals surface area contributed by atoms with Crippen molar-refractivity contribution in [3.8, 4) is 0 Å². The summed E-state index contributed by atoms with van der Waals surface area (Å²) in [6, 6.07) is 12.3. The lowest BCUT2D eigenvalue weighted by atomic mass is 9.98. The van der Waals surface area contributed by atoms with Crippen molar-refractivity contribution in [1.29, 1.82) is 0 Å². The van der Waals surface area contributed by atoms with Crippen molar-refractivity contribution in [2.24, 2.45) is 17.6 Å². The first-order valence-electron chi connectivity index (χ1n) is 9.51. The van der Waals surface area contributed by atoms with Gasteiger partial charge in [0, 0.05) is 25.3 Å². The van der Waals surface area contributed by atoms with Crippen molar-refractivity contribution in [2.45, 2.75) is 25.4 Å². The van der Waals surface area contributed by atoms with Gasteiger partial charge in [-0.2, -0.15) is 0 Å². The molecule has 1 aromatic carbocycles. The molecule has 2 fully saturated rings. The van der Waals surface area contributed by atoms with Crippen molar-refractivity contribution in [2.75, 3.05) is 18.0 Å². The molecule has 3 heterocycles. The summed E-state index contributed by atoms with van der Waals surface area (Å²) in [6.45, 7) is 9.76. The van der Waals surface area contributed by atoms with E-state index in [2.05, 4.69) is 37.5 Å². The van der Waals surface area contributed by atoms with Crippen molar-refractivity contribution >= 4 is 22.7 Å². The van der Waals surface area contributed by atoms with Crippen LogP contribution in [0.15, 0.2) is 42.6 Å². The highest BCUT2D eigenvalue weighted by Gasteiger charge is 2.42. The highest BCUT2D eigenvalue weighted by atomic mass is 15.3. The van der Waals surface area contributed by atoms with Crippen LogP contribution in [0.4, 0.5) is 11.6 Å². The topological polar surface area (TPSA) is 64.3 Å². The third-order valence-corrected chi connectivity index (χ3v) is 6.09. The summed E-state index contributed by atoms with van der Waals surface area (Å²) in [5, 5.41) is 0. The zero-order chi connectivity index (χ0) is 18.4. The fraction of sp³-hybridized carbons (Fsp3) is 0.381. The molecule has 27 heavy (non-hydrogen) atoms. The fourth-order valence-corrected chi connectivity index (χ4v) is 4.67. The van der Waals surface area contributed by atoms with Gasteiger partial charge in [-0.1, -0.05) is 18.2 Å². The molecule has 1 saturated carbocycles. The monoisotopic (exact) mass is 358 g/mol. The Balaban J connectivity index is 1.52. The SMILES string of the molecule is [C-]#[N+]c1ccc(Cn2c(N3C[C@H]4CC[C@@H](N)[C@H]4C3)nc3ccccc32)nc1. The minimum atomic E-state index is 0.320. The third kappa shape index (κ3) is 2.75. The molecule has 2 N–H and O–H groups in total. The second kappa shape index (κ2) is 6.36. The van der Waals surface area contributed by atoms with Crippen molar-refractivity contribution in [3.63, 3.8) is 0 Å². The lowest BCUT2D eigenvalue weighted by Gasteiger charge is -2.21. The van der Waals surface area contributed by atoms with Gasteiger partial charge in [0.05, 0.1) is 29.8 Å². The molecule has 0 spiro atoms. The molecule has 5 rings (SSSR count). The Labute approximate surface area is 158 Å². The Kier molecular flexibility index (Phi) is 3.83.